The van der Waals surface area contributed by atoms with E-state index < -0.39 is 0 Å². The van der Waals surface area contributed by atoms with E-state index in [9.17, 15) is 0 Å². The second kappa shape index (κ2) is 8.18. The second-order valence-electron chi connectivity index (χ2n) is 12.9. The summed E-state index contributed by atoms with van der Waals surface area (Å²) in [4.78, 5) is 4.73. The first-order valence-electron chi connectivity index (χ1n) is 15.5. The number of benzene rings is 10. The van der Waals surface area contributed by atoms with Crippen molar-refractivity contribution in [2.75, 3.05) is 38.0 Å². The van der Waals surface area contributed by atoms with Gasteiger partial charge in [0.2, 0.25) is 0 Å². The molecule has 0 unspecified atom stereocenters. The van der Waals surface area contributed by atoms with E-state index in [0.717, 1.165) is 0 Å². The molecule has 0 aliphatic carbocycles. The Hall–Kier alpha value is -5.34. The third kappa shape index (κ3) is 2.73. The lowest BCUT2D eigenvalue weighted by atomic mass is 9.81. The van der Waals surface area contributed by atoms with Gasteiger partial charge in [-0.05, 0) is 64.6 Å². The Morgan fingerprint density at radius 3 is 0.864 bits per heavy atom. The molecule has 0 N–H and O–H groups in total. The lowest BCUT2D eigenvalue weighted by Crippen LogP contribution is -2.14. The SMILES string of the molecule is CN(C)c1c2c3cccc4c5cccc6cccc(c(c(N(C)C)c2c2cccc7c8cccc9cccc(c1c72)c98)c43)c65. The summed E-state index contributed by atoms with van der Waals surface area (Å²) < 4.78 is 0. The van der Waals surface area contributed by atoms with Crippen LogP contribution < -0.4 is 9.80 Å². The lowest BCUT2D eigenvalue weighted by Gasteiger charge is -2.29. The fraction of sp³-hybridized carbons (Fsp3) is 0.0952. The Kier molecular flexibility index (Phi) is 4.49. The van der Waals surface area contributed by atoms with E-state index in [4.69, 9.17) is 0 Å². The predicted molar refractivity (Wildman–Crippen MR) is 195 cm³/mol. The number of hydrogen-bond acceptors (Lipinski definition) is 2. The predicted octanol–water partition coefficient (Wildman–Crippen LogP) is 11.1. The van der Waals surface area contributed by atoms with Crippen molar-refractivity contribution < 1.29 is 0 Å². The summed E-state index contributed by atoms with van der Waals surface area (Å²) in [7, 11) is 8.89. The van der Waals surface area contributed by atoms with Crippen LogP contribution in [0.2, 0.25) is 0 Å². The van der Waals surface area contributed by atoms with Crippen molar-refractivity contribution in [1.29, 1.82) is 0 Å². The summed E-state index contributed by atoms with van der Waals surface area (Å²) in [6.45, 7) is 0. The molecule has 0 aliphatic rings. The Morgan fingerprint density at radius 1 is 0.273 bits per heavy atom. The summed E-state index contributed by atoms with van der Waals surface area (Å²) in [6, 6.07) is 41.1. The van der Waals surface area contributed by atoms with Gasteiger partial charge in [-0.3, -0.25) is 0 Å². The van der Waals surface area contributed by atoms with Crippen LogP contribution in [0.5, 0.6) is 0 Å². The minimum absolute atomic E-state index is 1.29. The van der Waals surface area contributed by atoms with Crippen molar-refractivity contribution in [1.82, 2.24) is 0 Å². The average Bonchev–Trinajstić information content (AvgIpc) is 3.04. The molecule has 0 spiro atoms. The van der Waals surface area contributed by atoms with E-state index in [1.54, 1.807) is 0 Å². The van der Waals surface area contributed by atoms with Crippen molar-refractivity contribution in [3.8, 4) is 0 Å². The Morgan fingerprint density at radius 2 is 0.523 bits per heavy atom. The first-order chi connectivity index (χ1) is 21.5. The number of hydrogen-bond donors (Lipinski definition) is 0. The first-order valence-corrected chi connectivity index (χ1v) is 15.5. The molecule has 0 amide bonds. The van der Waals surface area contributed by atoms with Gasteiger partial charge in [0, 0.05) is 60.5 Å². The Bertz CT molecular complexity index is 2620. The maximum Gasteiger partial charge on any atom is 0.0534 e. The van der Waals surface area contributed by atoms with Gasteiger partial charge in [-0.25, -0.2) is 0 Å². The average molecular weight is 563 g/mol. The second-order valence-corrected chi connectivity index (χ2v) is 12.9. The summed E-state index contributed by atoms with van der Waals surface area (Å²) in [5.41, 5.74) is 2.59. The van der Waals surface area contributed by atoms with Crippen LogP contribution in [0.3, 0.4) is 0 Å². The molecular formula is C42H30N2. The summed E-state index contributed by atoms with van der Waals surface area (Å²) >= 11 is 0. The summed E-state index contributed by atoms with van der Waals surface area (Å²) in [6.07, 6.45) is 0. The van der Waals surface area contributed by atoms with Gasteiger partial charge < -0.3 is 9.80 Å². The van der Waals surface area contributed by atoms with Crippen LogP contribution in [0.15, 0.2) is 109 Å². The van der Waals surface area contributed by atoms with Crippen molar-refractivity contribution in [3.05, 3.63) is 109 Å². The van der Waals surface area contributed by atoms with Gasteiger partial charge in [0.25, 0.3) is 0 Å². The van der Waals surface area contributed by atoms with Crippen LogP contribution >= 0.6 is 0 Å². The van der Waals surface area contributed by atoms with Gasteiger partial charge in [-0.1, -0.05) is 109 Å². The highest BCUT2D eigenvalue weighted by Gasteiger charge is 2.27. The molecule has 0 saturated heterocycles. The summed E-state index contributed by atoms with van der Waals surface area (Å²) in [5, 5.41) is 24.0. The van der Waals surface area contributed by atoms with Crippen LogP contribution in [0.1, 0.15) is 0 Å². The maximum absolute atomic E-state index is 2.37. The molecule has 10 aromatic carbocycles. The van der Waals surface area contributed by atoms with E-state index in [-0.39, 0.29) is 0 Å². The molecule has 0 saturated carbocycles. The third-order valence-electron chi connectivity index (χ3n) is 10.2. The van der Waals surface area contributed by atoms with Gasteiger partial charge >= 0.3 is 0 Å². The molecule has 0 atom stereocenters. The number of fused-ring (bicyclic) bond motifs is 7. The minimum Gasteiger partial charge on any atom is -0.377 e. The fourth-order valence-corrected chi connectivity index (χ4v) is 8.72. The zero-order chi connectivity index (χ0) is 29.4. The van der Waals surface area contributed by atoms with Crippen LogP contribution in [0, 0.1) is 0 Å². The smallest absolute Gasteiger partial charge is 0.0534 e. The van der Waals surface area contributed by atoms with Crippen molar-refractivity contribution >= 4 is 108 Å². The zero-order valence-electron chi connectivity index (χ0n) is 25.3. The molecule has 2 nitrogen and oxygen atoms in total. The lowest BCUT2D eigenvalue weighted by molar-refractivity contribution is 1.15. The van der Waals surface area contributed by atoms with E-state index >= 15 is 0 Å². The van der Waals surface area contributed by atoms with E-state index in [2.05, 4.69) is 147 Å². The highest BCUT2D eigenvalue weighted by atomic mass is 15.1. The van der Waals surface area contributed by atoms with E-state index in [1.165, 1.54) is 108 Å². The molecule has 10 rings (SSSR count). The van der Waals surface area contributed by atoms with Crippen LogP contribution in [0.25, 0.3) is 97.0 Å². The molecule has 0 fully saturated rings. The van der Waals surface area contributed by atoms with Gasteiger partial charge in [0.15, 0.2) is 0 Å². The van der Waals surface area contributed by atoms with E-state index in [0.29, 0.717) is 0 Å². The van der Waals surface area contributed by atoms with Gasteiger partial charge in [-0.2, -0.15) is 0 Å². The molecule has 44 heavy (non-hydrogen) atoms. The molecular weight excluding hydrogens is 532 g/mol. The van der Waals surface area contributed by atoms with Crippen LogP contribution in [-0.4, -0.2) is 28.2 Å². The molecule has 0 radical (unpaired) electrons. The van der Waals surface area contributed by atoms with Gasteiger partial charge in [0.05, 0.1) is 11.4 Å². The summed E-state index contributed by atoms with van der Waals surface area (Å²) in [5.74, 6) is 0. The molecule has 0 bridgehead atoms. The molecule has 2 heteroatoms. The number of rotatable bonds is 2. The monoisotopic (exact) mass is 562 g/mol. The van der Waals surface area contributed by atoms with E-state index in [1.807, 2.05) is 0 Å². The standard InChI is InChI=1S/C42H30N2/c1-43(2)41-37-29-19-7-13-23-11-5-15-25(33(23)29)27-17-10-22-32(35(27)37)40-39(41)31-21-9-18-28-26-16-6-12-24-14-8-20-30(34(24)26)38(36(28)31)42(40)44(3)4/h5-22H,1-4H3. The highest BCUT2D eigenvalue weighted by Crippen LogP contribution is 2.55. The Balaban J connectivity index is 1.65. The first kappa shape index (κ1) is 24.1. The molecule has 208 valence electrons. The number of anilines is 2. The van der Waals surface area contributed by atoms with Crippen molar-refractivity contribution in [2.45, 2.75) is 0 Å². The molecule has 10 aromatic rings. The minimum atomic E-state index is 1.29. The van der Waals surface area contributed by atoms with Gasteiger partial charge in [-0.15, -0.1) is 0 Å². The van der Waals surface area contributed by atoms with Gasteiger partial charge in [0.1, 0.15) is 0 Å². The topological polar surface area (TPSA) is 6.48 Å². The van der Waals surface area contributed by atoms with Crippen molar-refractivity contribution in [2.24, 2.45) is 0 Å². The number of nitrogens with zero attached hydrogens (tertiary/aromatic N) is 2. The fourth-order valence-electron chi connectivity index (χ4n) is 8.72. The maximum atomic E-state index is 2.37. The normalized spacial score (nSPS) is 12.5. The molecule has 0 aromatic heterocycles. The zero-order valence-corrected chi connectivity index (χ0v) is 25.3. The molecule has 0 aliphatic heterocycles. The van der Waals surface area contributed by atoms with Crippen LogP contribution in [-0.2, 0) is 0 Å². The Labute approximate surface area is 255 Å². The largest absolute Gasteiger partial charge is 0.377 e. The highest BCUT2D eigenvalue weighted by molar-refractivity contribution is 6.48. The van der Waals surface area contributed by atoms with Crippen molar-refractivity contribution in [3.63, 3.8) is 0 Å². The molecule has 0 heterocycles. The third-order valence-corrected chi connectivity index (χ3v) is 10.2. The van der Waals surface area contributed by atoms with Crippen LogP contribution in [0.4, 0.5) is 11.4 Å². The quantitative estimate of drug-likeness (QED) is 0.153.